The first kappa shape index (κ1) is 15.8. The van der Waals surface area contributed by atoms with Crippen molar-refractivity contribution in [2.24, 2.45) is 0 Å². The second-order valence-corrected chi connectivity index (χ2v) is 5.18. The second kappa shape index (κ2) is 6.19. The number of carbonyl (C=O) groups is 1. The molecule has 2 heterocycles. The molecule has 0 fully saturated rings. The summed E-state index contributed by atoms with van der Waals surface area (Å²) in [5.41, 5.74) is 2.59. The maximum atomic E-state index is 12.9. The van der Waals surface area contributed by atoms with Crippen LogP contribution in [0.3, 0.4) is 0 Å². The lowest BCUT2D eigenvalue weighted by Crippen LogP contribution is -2.05. The number of carbonyl (C=O) groups excluding carboxylic acids is 1. The van der Waals surface area contributed by atoms with Crippen molar-refractivity contribution in [2.45, 2.75) is 6.92 Å². The molecule has 0 aliphatic rings. The van der Waals surface area contributed by atoms with Gasteiger partial charge in [-0.05, 0) is 19.1 Å². The highest BCUT2D eigenvalue weighted by Gasteiger charge is 2.20. The first-order valence-corrected chi connectivity index (χ1v) is 7.24. The van der Waals surface area contributed by atoms with Gasteiger partial charge >= 0.3 is 0 Å². The van der Waals surface area contributed by atoms with E-state index in [2.05, 4.69) is 15.2 Å². The molecule has 1 N–H and O–H groups in total. The number of pyridine rings is 1. The third kappa shape index (κ3) is 2.54. The predicted molar refractivity (Wildman–Crippen MR) is 88.2 cm³/mol. The minimum atomic E-state index is -0.268. The lowest BCUT2D eigenvalue weighted by atomic mass is 10.0. The Labute approximate surface area is 138 Å². The molecule has 3 aromatic rings. The van der Waals surface area contributed by atoms with Gasteiger partial charge in [0.15, 0.2) is 5.69 Å². The average Bonchev–Trinajstić information content (AvgIpc) is 3.04. The molecule has 3 rings (SSSR count). The van der Waals surface area contributed by atoms with E-state index in [0.717, 1.165) is 5.56 Å². The minimum absolute atomic E-state index is 0.237. The Morgan fingerprint density at radius 3 is 2.29 bits per heavy atom. The minimum Gasteiger partial charge on any atom is -0.496 e. The molecule has 0 aliphatic heterocycles. The molecule has 0 unspecified atom stereocenters. The highest BCUT2D eigenvalue weighted by molar-refractivity contribution is 6.14. The number of aromatic nitrogens is 3. The van der Waals surface area contributed by atoms with Gasteiger partial charge in [0, 0.05) is 17.2 Å². The summed E-state index contributed by atoms with van der Waals surface area (Å²) < 4.78 is 15.8. The van der Waals surface area contributed by atoms with Crippen molar-refractivity contribution >= 4 is 16.8 Å². The van der Waals surface area contributed by atoms with E-state index in [1.54, 1.807) is 45.7 Å². The molecule has 0 spiro atoms. The fourth-order valence-corrected chi connectivity index (χ4v) is 2.51. The van der Waals surface area contributed by atoms with Crippen molar-refractivity contribution in [3.8, 4) is 17.2 Å². The Hall–Kier alpha value is -3.09. The van der Waals surface area contributed by atoms with Gasteiger partial charge in [0.25, 0.3) is 0 Å². The molecule has 7 heteroatoms. The fraction of sp³-hybridized carbons (Fsp3) is 0.235. The smallest absolute Gasteiger partial charge is 0.215 e. The highest BCUT2D eigenvalue weighted by atomic mass is 16.5. The molecule has 24 heavy (non-hydrogen) atoms. The Kier molecular flexibility index (Phi) is 4.07. The quantitative estimate of drug-likeness (QED) is 0.725. The highest BCUT2D eigenvalue weighted by Crippen LogP contribution is 2.31. The predicted octanol–water partition coefficient (Wildman–Crippen LogP) is 2.52. The Balaban J connectivity index is 2.09. The topological polar surface area (TPSA) is 86.3 Å². The van der Waals surface area contributed by atoms with Crippen LogP contribution in [0.25, 0.3) is 11.0 Å². The SMILES string of the molecule is COc1cnc2c(C(=O)c3cc(OC)c(C)c(OC)c3)n[nH]c2c1. The summed E-state index contributed by atoms with van der Waals surface area (Å²) in [4.78, 5) is 17.1. The Bertz CT molecular complexity index is 892. The van der Waals surface area contributed by atoms with Crippen LogP contribution in [-0.2, 0) is 0 Å². The van der Waals surface area contributed by atoms with E-state index in [1.807, 2.05) is 6.92 Å². The summed E-state index contributed by atoms with van der Waals surface area (Å²) in [5.74, 6) is 1.47. The van der Waals surface area contributed by atoms with Gasteiger partial charge < -0.3 is 14.2 Å². The normalized spacial score (nSPS) is 10.7. The van der Waals surface area contributed by atoms with Gasteiger partial charge in [0.1, 0.15) is 22.8 Å². The fourth-order valence-electron chi connectivity index (χ4n) is 2.51. The third-order valence-corrected chi connectivity index (χ3v) is 3.84. The van der Waals surface area contributed by atoms with Crippen LogP contribution in [0.5, 0.6) is 17.2 Å². The molecule has 0 radical (unpaired) electrons. The number of benzene rings is 1. The molecule has 0 amide bonds. The van der Waals surface area contributed by atoms with Crippen molar-refractivity contribution in [3.05, 3.63) is 41.2 Å². The van der Waals surface area contributed by atoms with E-state index in [9.17, 15) is 4.79 Å². The van der Waals surface area contributed by atoms with E-state index in [-0.39, 0.29) is 11.5 Å². The summed E-state index contributed by atoms with van der Waals surface area (Å²) >= 11 is 0. The van der Waals surface area contributed by atoms with Crippen molar-refractivity contribution in [1.82, 2.24) is 15.2 Å². The van der Waals surface area contributed by atoms with Crippen LogP contribution in [0.4, 0.5) is 0 Å². The number of aromatic amines is 1. The molecule has 1 aromatic carbocycles. The second-order valence-electron chi connectivity index (χ2n) is 5.18. The average molecular weight is 327 g/mol. The van der Waals surface area contributed by atoms with Crippen molar-refractivity contribution in [1.29, 1.82) is 0 Å². The Morgan fingerprint density at radius 1 is 1.04 bits per heavy atom. The zero-order valence-corrected chi connectivity index (χ0v) is 13.8. The molecule has 0 aliphatic carbocycles. The number of methoxy groups -OCH3 is 3. The molecule has 0 bridgehead atoms. The monoisotopic (exact) mass is 327 g/mol. The number of hydrogen-bond acceptors (Lipinski definition) is 6. The first-order valence-electron chi connectivity index (χ1n) is 7.24. The van der Waals surface area contributed by atoms with E-state index < -0.39 is 0 Å². The maximum Gasteiger partial charge on any atom is 0.215 e. The number of nitrogens with zero attached hydrogens (tertiary/aromatic N) is 2. The number of ketones is 1. The van der Waals surface area contributed by atoms with Crippen LogP contribution < -0.4 is 14.2 Å². The molecular formula is C17H17N3O4. The van der Waals surface area contributed by atoms with Crippen molar-refractivity contribution < 1.29 is 19.0 Å². The largest absolute Gasteiger partial charge is 0.496 e. The summed E-state index contributed by atoms with van der Waals surface area (Å²) in [5, 5.41) is 6.91. The van der Waals surface area contributed by atoms with Gasteiger partial charge in [-0.1, -0.05) is 0 Å². The van der Waals surface area contributed by atoms with Gasteiger partial charge in [-0.3, -0.25) is 9.89 Å². The number of ether oxygens (including phenoxy) is 3. The molecule has 0 atom stereocenters. The lowest BCUT2D eigenvalue weighted by Gasteiger charge is -2.11. The van der Waals surface area contributed by atoms with Crippen LogP contribution in [-0.4, -0.2) is 42.3 Å². The third-order valence-electron chi connectivity index (χ3n) is 3.84. The number of H-pyrrole nitrogens is 1. The van der Waals surface area contributed by atoms with Gasteiger partial charge in [0.2, 0.25) is 5.78 Å². The number of nitrogens with one attached hydrogen (secondary N) is 1. The van der Waals surface area contributed by atoms with Crippen molar-refractivity contribution in [2.75, 3.05) is 21.3 Å². The van der Waals surface area contributed by atoms with Gasteiger partial charge in [-0.15, -0.1) is 0 Å². The summed E-state index contributed by atoms with van der Waals surface area (Å²) in [7, 11) is 4.65. The van der Waals surface area contributed by atoms with Crippen LogP contribution in [0, 0.1) is 6.92 Å². The number of fused-ring (bicyclic) bond motifs is 1. The van der Waals surface area contributed by atoms with E-state index in [4.69, 9.17) is 14.2 Å². The van der Waals surface area contributed by atoms with Crippen LogP contribution in [0.1, 0.15) is 21.6 Å². The summed E-state index contributed by atoms with van der Waals surface area (Å²) in [6.45, 7) is 1.86. The van der Waals surface area contributed by atoms with E-state index in [1.165, 1.54) is 0 Å². The maximum absolute atomic E-state index is 12.9. The number of rotatable bonds is 5. The lowest BCUT2D eigenvalue weighted by molar-refractivity contribution is 0.103. The molecule has 2 aromatic heterocycles. The van der Waals surface area contributed by atoms with Crippen LogP contribution in [0.2, 0.25) is 0 Å². The molecule has 124 valence electrons. The van der Waals surface area contributed by atoms with Crippen LogP contribution in [0.15, 0.2) is 24.4 Å². The van der Waals surface area contributed by atoms with Gasteiger partial charge in [-0.2, -0.15) is 5.10 Å². The Morgan fingerprint density at radius 2 is 1.71 bits per heavy atom. The molecule has 0 saturated heterocycles. The molecular weight excluding hydrogens is 310 g/mol. The molecule has 7 nitrogen and oxygen atoms in total. The van der Waals surface area contributed by atoms with Crippen molar-refractivity contribution in [3.63, 3.8) is 0 Å². The summed E-state index contributed by atoms with van der Waals surface area (Å²) in [6, 6.07) is 5.08. The number of hydrogen-bond donors (Lipinski definition) is 1. The van der Waals surface area contributed by atoms with Gasteiger partial charge in [-0.25, -0.2) is 4.98 Å². The zero-order valence-electron chi connectivity index (χ0n) is 13.8. The standard InChI is InChI=1S/C17H17N3O4/c1-9-13(23-3)5-10(6-14(9)24-4)17(21)16-15-12(19-20-16)7-11(22-2)8-18-15/h5-8H,1-4H3,(H,19,20). The van der Waals surface area contributed by atoms with E-state index in [0.29, 0.717) is 33.8 Å². The summed E-state index contributed by atoms with van der Waals surface area (Å²) in [6.07, 6.45) is 1.55. The van der Waals surface area contributed by atoms with Crippen LogP contribution >= 0.6 is 0 Å². The van der Waals surface area contributed by atoms with E-state index >= 15 is 0 Å². The molecule has 0 saturated carbocycles. The zero-order chi connectivity index (χ0) is 17.3. The van der Waals surface area contributed by atoms with Gasteiger partial charge in [0.05, 0.1) is 33.0 Å². The first-order chi connectivity index (χ1) is 11.6.